The maximum atomic E-state index is 8.75. The second kappa shape index (κ2) is 7.29. The van der Waals surface area contributed by atoms with E-state index in [9.17, 15) is 0 Å². The van der Waals surface area contributed by atoms with Gasteiger partial charge in [-0.1, -0.05) is 0 Å². The zero-order chi connectivity index (χ0) is 13.4. The Morgan fingerprint density at radius 1 is 1.33 bits per heavy atom. The van der Waals surface area contributed by atoms with E-state index in [1.54, 1.807) is 16.8 Å². The number of ether oxygens (including phenoxy) is 2. The van der Waals surface area contributed by atoms with E-state index in [0.29, 0.717) is 18.9 Å². The molecule has 0 aliphatic carbocycles. The molecule has 0 saturated heterocycles. The lowest BCUT2D eigenvalue weighted by atomic mass is 10.2. The van der Waals surface area contributed by atoms with Crippen LogP contribution in [0.25, 0.3) is 6.08 Å². The van der Waals surface area contributed by atoms with Crippen LogP contribution in [0.5, 0.6) is 0 Å². The summed E-state index contributed by atoms with van der Waals surface area (Å²) in [6.45, 7) is 4.77. The van der Waals surface area contributed by atoms with E-state index >= 15 is 0 Å². The first kappa shape index (κ1) is 14.0. The SMILES string of the molecule is CCOC(OCC)n1cccc1C=C(C#N)C#N. The van der Waals surface area contributed by atoms with Crippen LogP contribution >= 0.6 is 0 Å². The standard InChI is InChI=1S/C13H15N3O2/c1-3-17-13(18-4-2)16-7-5-6-12(16)8-11(9-14)10-15/h5-8,13H,3-4H2,1-2H3. The van der Waals surface area contributed by atoms with E-state index in [1.165, 1.54) is 6.08 Å². The van der Waals surface area contributed by atoms with E-state index in [2.05, 4.69) is 0 Å². The molecule has 18 heavy (non-hydrogen) atoms. The predicted octanol–water partition coefficient (Wildman–Crippen LogP) is 2.45. The van der Waals surface area contributed by atoms with Crippen molar-refractivity contribution in [1.82, 2.24) is 4.57 Å². The highest BCUT2D eigenvalue weighted by atomic mass is 16.7. The quantitative estimate of drug-likeness (QED) is 0.570. The molecule has 1 aromatic heterocycles. The Hall–Kier alpha value is -2.08. The number of rotatable bonds is 6. The van der Waals surface area contributed by atoms with Gasteiger partial charge in [-0.05, 0) is 32.1 Å². The van der Waals surface area contributed by atoms with Crippen molar-refractivity contribution in [1.29, 1.82) is 10.5 Å². The Morgan fingerprint density at radius 2 is 1.94 bits per heavy atom. The Labute approximate surface area is 106 Å². The molecule has 94 valence electrons. The Morgan fingerprint density at radius 3 is 2.44 bits per heavy atom. The minimum absolute atomic E-state index is 0.0432. The van der Waals surface area contributed by atoms with Crippen LogP contribution in [0.3, 0.4) is 0 Å². The van der Waals surface area contributed by atoms with Gasteiger partial charge in [0.25, 0.3) is 0 Å². The number of allylic oxidation sites excluding steroid dienone is 1. The van der Waals surface area contributed by atoms with Gasteiger partial charge in [-0.2, -0.15) is 10.5 Å². The van der Waals surface area contributed by atoms with E-state index in [0.717, 1.165) is 0 Å². The average Bonchev–Trinajstić information content (AvgIpc) is 2.83. The first-order valence-electron chi connectivity index (χ1n) is 5.68. The molecule has 0 aliphatic rings. The molecule has 0 atom stereocenters. The summed E-state index contributed by atoms with van der Waals surface area (Å²) < 4.78 is 12.7. The fraction of sp³-hybridized carbons (Fsp3) is 0.385. The molecule has 0 N–H and O–H groups in total. The molecule has 0 radical (unpaired) electrons. The van der Waals surface area contributed by atoms with Gasteiger partial charge < -0.3 is 9.47 Å². The number of hydrogen-bond acceptors (Lipinski definition) is 4. The van der Waals surface area contributed by atoms with Gasteiger partial charge in [0.1, 0.15) is 17.7 Å². The van der Waals surface area contributed by atoms with Gasteiger partial charge in [-0.15, -0.1) is 0 Å². The predicted molar refractivity (Wildman–Crippen MR) is 65.9 cm³/mol. The van der Waals surface area contributed by atoms with Crippen LogP contribution in [0, 0.1) is 22.7 Å². The maximum Gasteiger partial charge on any atom is 0.244 e. The lowest BCUT2D eigenvalue weighted by Gasteiger charge is -2.20. The normalized spacial score (nSPS) is 9.83. The number of hydrogen-bond donors (Lipinski definition) is 0. The van der Waals surface area contributed by atoms with Crippen LogP contribution < -0.4 is 0 Å². The van der Waals surface area contributed by atoms with Crippen molar-refractivity contribution >= 4 is 6.08 Å². The number of nitriles is 2. The summed E-state index contributed by atoms with van der Waals surface area (Å²) in [5.74, 6) is 0. The monoisotopic (exact) mass is 245 g/mol. The number of aromatic nitrogens is 1. The Balaban J connectivity index is 3.04. The second-order valence-corrected chi connectivity index (χ2v) is 3.34. The molecule has 5 nitrogen and oxygen atoms in total. The third kappa shape index (κ3) is 3.46. The number of nitrogens with zero attached hydrogens (tertiary/aromatic N) is 3. The smallest absolute Gasteiger partial charge is 0.244 e. The van der Waals surface area contributed by atoms with Gasteiger partial charge in [-0.3, -0.25) is 4.57 Å². The molecule has 0 fully saturated rings. The molecule has 0 aliphatic heterocycles. The zero-order valence-corrected chi connectivity index (χ0v) is 10.5. The van der Waals surface area contributed by atoms with Gasteiger partial charge in [0.15, 0.2) is 0 Å². The molecule has 0 amide bonds. The van der Waals surface area contributed by atoms with Gasteiger partial charge >= 0.3 is 0 Å². The van der Waals surface area contributed by atoms with E-state index in [4.69, 9.17) is 20.0 Å². The van der Waals surface area contributed by atoms with Crippen molar-refractivity contribution in [3.63, 3.8) is 0 Å². The third-order valence-corrected chi connectivity index (χ3v) is 2.19. The molecular formula is C13H15N3O2. The lowest BCUT2D eigenvalue weighted by Crippen LogP contribution is -2.17. The summed E-state index contributed by atoms with van der Waals surface area (Å²) in [6, 6.07) is 7.25. The molecule has 1 heterocycles. The summed E-state index contributed by atoms with van der Waals surface area (Å²) >= 11 is 0. The topological polar surface area (TPSA) is 71.0 Å². The molecule has 1 aromatic rings. The fourth-order valence-electron chi connectivity index (χ4n) is 1.45. The van der Waals surface area contributed by atoms with E-state index in [-0.39, 0.29) is 5.57 Å². The van der Waals surface area contributed by atoms with Crippen molar-refractivity contribution in [2.75, 3.05) is 13.2 Å². The summed E-state index contributed by atoms with van der Waals surface area (Å²) in [5, 5.41) is 17.5. The van der Waals surface area contributed by atoms with Gasteiger partial charge in [-0.25, -0.2) is 0 Å². The van der Waals surface area contributed by atoms with Crippen LogP contribution in [0.15, 0.2) is 23.9 Å². The minimum atomic E-state index is -0.542. The lowest BCUT2D eigenvalue weighted by molar-refractivity contribution is -0.186. The van der Waals surface area contributed by atoms with Crippen LogP contribution in [0.1, 0.15) is 26.0 Å². The van der Waals surface area contributed by atoms with Gasteiger partial charge in [0.2, 0.25) is 6.41 Å². The maximum absolute atomic E-state index is 8.75. The first-order chi connectivity index (χ1) is 8.76. The van der Waals surface area contributed by atoms with Crippen molar-refractivity contribution in [3.8, 4) is 12.1 Å². The molecule has 0 bridgehead atoms. The van der Waals surface area contributed by atoms with Crippen LogP contribution in [0.2, 0.25) is 0 Å². The largest absolute Gasteiger partial charge is 0.335 e. The molecule has 0 aromatic carbocycles. The molecule has 0 unspecified atom stereocenters. The van der Waals surface area contributed by atoms with Crippen molar-refractivity contribution in [3.05, 3.63) is 29.6 Å². The molecule has 5 heteroatoms. The van der Waals surface area contributed by atoms with Crippen LogP contribution in [0.4, 0.5) is 0 Å². The molecular weight excluding hydrogens is 230 g/mol. The zero-order valence-electron chi connectivity index (χ0n) is 10.5. The molecule has 1 rings (SSSR count). The fourth-order valence-corrected chi connectivity index (χ4v) is 1.45. The highest BCUT2D eigenvalue weighted by Crippen LogP contribution is 2.17. The average molecular weight is 245 g/mol. The summed E-state index contributed by atoms with van der Waals surface area (Å²) in [7, 11) is 0. The van der Waals surface area contributed by atoms with Crippen LogP contribution in [-0.4, -0.2) is 17.8 Å². The van der Waals surface area contributed by atoms with Crippen molar-refractivity contribution in [2.45, 2.75) is 20.3 Å². The second-order valence-electron chi connectivity index (χ2n) is 3.34. The van der Waals surface area contributed by atoms with E-state index < -0.39 is 6.41 Å². The minimum Gasteiger partial charge on any atom is -0.335 e. The van der Waals surface area contributed by atoms with Crippen molar-refractivity contribution < 1.29 is 9.47 Å². The summed E-state index contributed by atoms with van der Waals surface area (Å²) in [5.41, 5.74) is 0.738. The summed E-state index contributed by atoms with van der Waals surface area (Å²) in [6.07, 6.45) is 2.75. The third-order valence-electron chi connectivity index (χ3n) is 2.19. The highest BCUT2D eigenvalue weighted by Gasteiger charge is 2.12. The van der Waals surface area contributed by atoms with Gasteiger partial charge in [0.05, 0.1) is 0 Å². The Kier molecular flexibility index (Phi) is 5.66. The van der Waals surface area contributed by atoms with Crippen LogP contribution in [-0.2, 0) is 9.47 Å². The molecule has 0 saturated carbocycles. The van der Waals surface area contributed by atoms with Gasteiger partial charge in [0, 0.05) is 25.1 Å². The highest BCUT2D eigenvalue weighted by molar-refractivity contribution is 5.60. The molecule has 0 spiro atoms. The van der Waals surface area contributed by atoms with Crippen molar-refractivity contribution in [2.24, 2.45) is 0 Å². The summed E-state index contributed by atoms with van der Waals surface area (Å²) in [4.78, 5) is 0. The first-order valence-corrected chi connectivity index (χ1v) is 5.68. The van der Waals surface area contributed by atoms with E-state index in [1.807, 2.05) is 32.1 Å². The Bertz CT molecular complexity index is 469.